The molecule has 0 radical (unpaired) electrons. The second-order valence-electron chi connectivity index (χ2n) is 10.2. The summed E-state index contributed by atoms with van der Waals surface area (Å²) < 4.78 is 192. The number of nitriles is 1. The molecule has 0 N–H and O–H groups in total. The molecule has 1 saturated carbocycles. The topological polar surface area (TPSA) is 89.0 Å². The molecule has 0 aliphatic heterocycles. The Morgan fingerprint density at radius 2 is 1.62 bits per heavy atom. The second kappa shape index (κ2) is 12.0. The minimum absolute atomic E-state index is 0.201. The predicted molar refractivity (Wildman–Crippen MR) is 132 cm³/mol. The number of carbonyl (C=O) groups excluding carboxylic acids is 1. The Morgan fingerprint density at radius 3 is 2.12 bits per heavy atom. The molecular weight excluding hydrogens is 718 g/mol. The lowest BCUT2D eigenvalue weighted by molar-refractivity contribution is -0.306. The van der Waals surface area contributed by atoms with Gasteiger partial charge in [-0.05, 0) is 30.5 Å². The van der Waals surface area contributed by atoms with Gasteiger partial charge >= 0.3 is 24.6 Å². The van der Waals surface area contributed by atoms with E-state index in [4.69, 9.17) is 11.6 Å². The van der Waals surface area contributed by atoms with Crippen LogP contribution in [0.1, 0.15) is 28.8 Å². The van der Waals surface area contributed by atoms with Crippen LogP contribution in [0.3, 0.4) is 0 Å². The molecule has 48 heavy (non-hydrogen) atoms. The molecule has 3 atom stereocenters. The lowest BCUT2D eigenvalue weighted by Crippen LogP contribution is -2.53. The normalized spacial score (nSPS) is 17.0. The summed E-state index contributed by atoms with van der Waals surface area (Å²) >= 11 is 6.01. The van der Waals surface area contributed by atoms with Gasteiger partial charge in [-0.15, -0.1) is 5.10 Å². The van der Waals surface area contributed by atoms with Crippen LogP contribution in [0.15, 0.2) is 30.6 Å². The maximum Gasteiger partial charge on any atom is 0.440 e. The van der Waals surface area contributed by atoms with E-state index in [9.17, 15) is 71.5 Å². The number of rotatable bonds is 9. The SMILES string of the molecule is Cn1nc(OC(F)(F)C(F)C(F)(F)F)c(C(F)(F)F)c1-n1cc(-c2ccc(Cl)c(C(=O)N(C(F)C(F)C(F)(F)F)C3(C#N)CC3)c2)cn1. The third-order valence-corrected chi connectivity index (χ3v) is 7.16. The summed E-state index contributed by atoms with van der Waals surface area (Å²) in [5, 5.41) is 15.5. The molecule has 1 aliphatic carbocycles. The summed E-state index contributed by atoms with van der Waals surface area (Å²) in [6, 6.07) is 4.28. The smallest absolute Gasteiger partial charge is 0.410 e. The van der Waals surface area contributed by atoms with Crippen molar-refractivity contribution in [3.8, 4) is 28.9 Å². The quantitative estimate of drug-likeness (QED) is 0.168. The summed E-state index contributed by atoms with van der Waals surface area (Å²) in [6.45, 7) is 0. The molecule has 1 amide bonds. The number of hydrogen-bond acceptors (Lipinski definition) is 5. The standard InChI is InChI=1S/C25H15ClF14N6O2/c1-44-18(14(22(30,31)32)17(43-44)48-25(39,40)20(29)24(36,37)38)45-8-11(7-42-45)10-2-3-13(26)12(6-10)19(47)46(21(9-41)4-5-21)16(28)15(27)23(33,34)35/h2-3,6-8,15-16,20H,4-5H2,1H3. The van der Waals surface area contributed by atoms with Gasteiger partial charge in [0.1, 0.15) is 5.54 Å². The van der Waals surface area contributed by atoms with Crippen LogP contribution in [0, 0.1) is 11.3 Å². The van der Waals surface area contributed by atoms with Gasteiger partial charge in [0.15, 0.2) is 11.4 Å². The Bertz CT molecular complexity index is 1740. The molecule has 1 fully saturated rings. The monoisotopic (exact) mass is 732 g/mol. The molecule has 23 heteroatoms. The van der Waals surface area contributed by atoms with Crippen LogP contribution >= 0.6 is 11.6 Å². The maximum absolute atomic E-state index is 14.9. The Labute approximate surface area is 263 Å². The van der Waals surface area contributed by atoms with E-state index in [0.29, 0.717) is 11.7 Å². The van der Waals surface area contributed by atoms with Crippen LogP contribution in [0.5, 0.6) is 5.88 Å². The zero-order chi connectivity index (χ0) is 36.4. The zero-order valence-electron chi connectivity index (χ0n) is 23.2. The summed E-state index contributed by atoms with van der Waals surface area (Å²) in [6.07, 6.45) is -35.7. The van der Waals surface area contributed by atoms with Gasteiger partial charge in [0.25, 0.3) is 18.0 Å². The number of carbonyl (C=O) groups is 1. The van der Waals surface area contributed by atoms with E-state index in [0.717, 1.165) is 30.6 Å². The molecule has 0 saturated heterocycles. The molecule has 4 rings (SSSR count). The van der Waals surface area contributed by atoms with Crippen LogP contribution < -0.4 is 4.74 Å². The van der Waals surface area contributed by atoms with Crippen molar-refractivity contribution >= 4 is 17.5 Å². The largest absolute Gasteiger partial charge is 0.440 e. The van der Waals surface area contributed by atoms with E-state index < -0.39 is 82.6 Å². The van der Waals surface area contributed by atoms with Gasteiger partial charge in [-0.2, -0.15) is 58.7 Å². The molecular formula is C25H15ClF14N6O2. The summed E-state index contributed by atoms with van der Waals surface area (Å²) in [5.41, 5.74) is -5.61. The number of aryl methyl sites for hydroxylation is 1. The highest BCUT2D eigenvalue weighted by molar-refractivity contribution is 6.34. The number of nitrogens with zero attached hydrogens (tertiary/aromatic N) is 6. The first-order valence-electron chi connectivity index (χ1n) is 12.7. The van der Waals surface area contributed by atoms with E-state index >= 15 is 0 Å². The molecule has 262 valence electrons. The molecule has 0 spiro atoms. The van der Waals surface area contributed by atoms with E-state index in [2.05, 4.69) is 14.9 Å². The Balaban J connectivity index is 1.75. The number of hydrogen-bond donors (Lipinski definition) is 0. The van der Waals surface area contributed by atoms with Gasteiger partial charge in [-0.25, -0.2) is 22.5 Å². The highest BCUT2D eigenvalue weighted by Crippen LogP contribution is 2.47. The van der Waals surface area contributed by atoms with E-state index in [1.165, 1.54) is 6.07 Å². The van der Waals surface area contributed by atoms with Crippen LogP contribution in [0.2, 0.25) is 5.02 Å². The molecule has 3 unspecified atom stereocenters. The highest BCUT2D eigenvalue weighted by Gasteiger charge is 2.61. The first kappa shape index (κ1) is 36.5. The summed E-state index contributed by atoms with van der Waals surface area (Å²) in [5.74, 6) is -5.07. The van der Waals surface area contributed by atoms with Gasteiger partial charge in [0.2, 0.25) is 12.5 Å². The molecule has 1 aliphatic rings. The second-order valence-corrected chi connectivity index (χ2v) is 10.6. The number of ether oxygens (including phenoxy) is 1. The van der Waals surface area contributed by atoms with Crippen molar-refractivity contribution < 1.29 is 71.0 Å². The summed E-state index contributed by atoms with van der Waals surface area (Å²) in [4.78, 5) is 13.1. The lowest BCUT2D eigenvalue weighted by atomic mass is 10.0. The molecule has 0 bridgehead atoms. The number of halogens is 15. The Hall–Kier alpha value is -4.29. The zero-order valence-corrected chi connectivity index (χ0v) is 24.0. The third-order valence-electron chi connectivity index (χ3n) is 6.83. The van der Waals surface area contributed by atoms with Crippen molar-refractivity contribution in [1.82, 2.24) is 24.5 Å². The molecule has 1 aromatic carbocycles. The van der Waals surface area contributed by atoms with E-state index in [1.54, 1.807) is 0 Å². The van der Waals surface area contributed by atoms with Crippen LogP contribution in [0.4, 0.5) is 61.5 Å². The number of amides is 1. The number of alkyl halides is 14. The fraction of sp³-hybridized carbons (Fsp3) is 0.440. The van der Waals surface area contributed by atoms with Gasteiger partial charge in [0.05, 0.1) is 22.9 Å². The lowest BCUT2D eigenvalue weighted by Gasteiger charge is -2.33. The first-order valence-corrected chi connectivity index (χ1v) is 13.1. The first-order chi connectivity index (χ1) is 21.9. The average molecular weight is 733 g/mol. The van der Waals surface area contributed by atoms with E-state index in [-0.39, 0.29) is 33.6 Å². The molecule has 3 aromatic rings. The van der Waals surface area contributed by atoms with Gasteiger partial charge in [-0.1, -0.05) is 17.7 Å². The van der Waals surface area contributed by atoms with E-state index in [1.807, 2.05) is 0 Å². The molecule has 2 heterocycles. The van der Waals surface area contributed by atoms with Gasteiger partial charge < -0.3 is 4.74 Å². The van der Waals surface area contributed by atoms with Crippen molar-refractivity contribution in [3.05, 3.63) is 46.7 Å². The predicted octanol–water partition coefficient (Wildman–Crippen LogP) is 7.51. The number of benzene rings is 1. The third kappa shape index (κ3) is 6.82. The van der Waals surface area contributed by atoms with Crippen LogP contribution in [-0.4, -0.2) is 73.0 Å². The van der Waals surface area contributed by atoms with Crippen molar-refractivity contribution in [3.63, 3.8) is 0 Å². The fourth-order valence-corrected chi connectivity index (χ4v) is 4.58. The fourth-order valence-electron chi connectivity index (χ4n) is 4.38. The highest BCUT2D eigenvalue weighted by atomic mass is 35.5. The van der Waals surface area contributed by atoms with Gasteiger partial charge in [0, 0.05) is 18.8 Å². The van der Waals surface area contributed by atoms with Crippen molar-refractivity contribution in [1.29, 1.82) is 5.26 Å². The molecule has 2 aromatic heterocycles. The minimum atomic E-state index is -6.24. The van der Waals surface area contributed by atoms with Crippen molar-refractivity contribution in [2.75, 3.05) is 0 Å². The molecule has 8 nitrogen and oxygen atoms in total. The maximum atomic E-state index is 14.9. The summed E-state index contributed by atoms with van der Waals surface area (Å²) in [7, 11) is 0.705. The van der Waals surface area contributed by atoms with Crippen molar-refractivity contribution in [2.24, 2.45) is 7.05 Å². The minimum Gasteiger partial charge on any atom is -0.410 e. The Morgan fingerprint density at radius 1 is 1.02 bits per heavy atom. The van der Waals surface area contributed by atoms with Crippen LogP contribution in [-0.2, 0) is 13.2 Å². The van der Waals surface area contributed by atoms with Gasteiger partial charge in [-0.3, -0.25) is 9.69 Å². The average Bonchev–Trinajstić information content (AvgIpc) is 3.45. The number of aromatic nitrogens is 4. The Kier molecular flexibility index (Phi) is 9.13. The van der Waals surface area contributed by atoms with Crippen molar-refractivity contribution in [2.45, 2.75) is 61.7 Å². The van der Waals surface area contributed by atoms with Crippen LogP contribution in [0.25, 0.3) is 16.9 Å².